The molecule has 0 saturated carbocycles. The van der Waals surface area contributed by atoms with Crippen molar-refractivity contribution in [3.05, 3.63) is 32.3 Å². The molecule has 0 radical (unpaired) electrons. The predicted octanol–water partition coefficient (Wildman–Crippen LogP) is 0.987. The Hall–Kier alpha value is 1.88. The fourth-order valence-electron chi connectivity index (χ4n) is 1.12. The molecular formula is C12H18Cl2P4Zr. The predicted molar refractivity (Wildman–Crippen MR) is 82.5 cm³/mol. The average molecular weight is 448 g/mol. The number of halogens is 2. The number of hydrogen-bond acceptors (Lipinski definition) is 0. The number of aryl methyl sites for hydroxylation is 4. The van der Waals surface area contributed by atoms with Gasteiger partial charge in [0.15, 0.2) is 0 Å². The molecule has 0 aromatic carbocycles. The zero-order valence-corrected chi connectivity index (χ0v) is 19.6. The van der Waals surface area contributed by atoms with E-state index in [-0.39, 0.29) is 51.0 Å². The summed E-state index contributed by atoms with van der Waals surface area (Å²) in [6.07, 6.45) is 0. The van der Waals surface area contributed by atoms with E-state index >= 15 is 0 Å². The van der Waals surface area contributed by atoms with E-state index in [0.29, 0.717) is 0 Å². The molecule has 0 N–H and O–H groups in total. The van der Waals surface area contributed by atoms with Crippen molar-refractivity contribution in [3.63, 3.8) is 0 Å². The molecule has 0 spiro atoms. The van der Waals surface area contributed by atoms with Gasteiger partial charge in [0, 0.05) is 0 Å². The molecule has 104 valence electrons. The van der Waals surface area contributed by atoms with Crippen LogP contribution in [0.25, 0.3) is 0 Å². The minimum atomic E-state index is 0. The van der Waals surface area contributed by atoms with E-state index in [0.717, 1.165) is 0 Å². The van der Waals surface area contributed by atoms with Gasteiger partial charge in [-0.1, -0.05) is 35.6 Å². The number of rotatable bonds is 0. The standard InChI is InChI=1S/2C6H9P2.2ClH.Zr/c2*1-4-5(2)7-8-6(4)3;;;/h2*1-3H3;2*1H;/q2*-1;;;+4/p-2. The molecule has 0 fully saturated rings. The molecule has 2 aromatic rings. The first-order valence-electron chi connectivity index (χ1n) is 5.29. The maximum absolute atomic E-state index is 2.21. The third kappa shape index (κ3) is 8.18. The maximum atomic E-state index is 2.21. The van der Waals surface area contributed by atoms with Crippen molar-refractivity contribution in [1.29, 1.82) is 0 Å². The maximum Gasteiger partial charge on any atom is 4.00 e. The SMILES string of the molecule is Cc1p[p-]c(C)c1C.Cc1p[p-]c(C)c1C.[Cl-].[Cl-].[Zr+4]. The van der Waals surface area contributed by atoms with Crippen molar-refractivity contribution in [2.45, 2.75) is 41.5 Å². The fourth-order valence-corrected chi connectivity index (χ4v) is 6.77. The first-order chi connectivity index (χ1) is 7.43. The van der Waals surface area contributed by atoms with E-state index in [9.17, 15) is 0 Å². The van der Waals surface area contributed by atoms with Crippen LogP contribution in [-0.4, -0.2) is 0 Å². The van der Waals surface area contributed by atoms with Gasteiger partial charge >= 0.3 is 26.2 Å². The molecule has 0 amide bonds. The van der Waals surface area contributed by atoms with Crippen LogP contribution in [0.3, 0.4) is 0 Å². The molecule has 0 aliphatic carbocycles. The van der Waals surface area contributed by atoms with Gasteiger partial charge in [0.1, 0.15) is 0 Å². The van der Waals surface area contributed by atoms with Gasteiger partial charge in [-0.15, -0.1) is 0 Å². The fraction of sp³-hybridized carbons (Fsp3) is 0.500. The topological polar surface area (TPSA) is 0 Å². The summed E-state index contributed by atoms with van der Waals surface area (Å²) in [6, 6.07) is 0. The Labute approximate surface area is 155 Å². The van der Waals surface area contributed by atoms with E-state index in [1.54, 1.807) is 21.2 Å². The van der Waals surface area contributed by atoms with Crippen LogP contribution in [0.5, 0.6) is 0 Å². The van der Waals surface area contributed by atoms with E-state index in [1.807, 2.05) is 0 Å². The van der Waals surface area contributed by atoms with Crippen LogP contribution in [0.15, 0.2) is 0 Å². The number of hydrogen-bond donors (Lipinski definition) is 0. The normalized spacial score (nSPS) is 10.0. The van der Waals surface area contributed by atoms with Crippen molar-refractivity contribution < 1.29 is 51.0 Å². The van der Waals surface area contributed by atoms with Crippen LogP contribution in [0.2, 0.25) is 0 Å². The minimum absolute atomic E-state index is 0. The monoisotopic (exact) mass is 446 g/mol. The summed E-state index contributed by atoms with van der Waals surface area (Å²) in [6.45, 7) is 13.2. The Kier molecular flexibility index (Phi) is 16.9. The van der Waals surface area contributed by atoms with Crippen molar-refractivity contribution in [2.75, 3.05) is 0 Å². The second-order valence-corrected chi connectivity index (χ2v) is 9.87. The molecule has 19 heavy (non-hydrogen) atoms. The summed E-state index contributed by atoms with van der Waals surface area (Å²) in [4.78, 5) is 0. The van der Waals surface area contributed by atoms with Crippen LogP contribution < -0.4 is 24.8 Å². The Morgan fingerprint density at radius 3 is 0.947 bits per heavy atom. The van der Waals surface area contributed by atoms with Crippen molar-refractivity contribution in [3.8, 4) is 0 Å². The first kappa shape index (κ1) is 25.8. The van der Waals surface area contributed by atoms with E-state index in [2.05, 4.69) is 41.5 Å². The van der Waals surface area contributed by atoms with Crippen LogP contribution in [0.1, 0.15) is 32.3 Å². The van der Waals surface area contributed by atoms with Crippen LogP contribution in [0.4, 0.5) is 0 Å². The molecule has 0 nitrogen and oxygen atoms in total. The molecule has 2 aromatic heterocycles. The average Bonchev–Trinajstić information content (AvgIpc) is 2.70. The van der Waals surface area contributed by atoms with Crippen molar-refractivity contribution in [1.82, 2.24) is 0 Å². The van der Waals surface area contributed by atoms with Gasteiger partial charge in [0.2, 0.25) is 0 Å². The van der Waals surface area contributed by atoms with E-state index < -0.39 is 0 Å². The Morgan fingerprint density at radius 1 is 0.632 bits per heavy atom. The molecule has 0 aliphatic rings. The molecule has 7 heteroatoms. The van der Waals surface area contributed by atoms with Crippen LogP contribution in [0, 0.1) is 41.5 Å². The summed E-state index contributed by atoms with van der Waals surface area (Å²) in [5, 5.41) is 6.18. The Bertz CT molecular complexity index is 397. The summed E-state index contributed by atoms with van der Waals surface area (Å²) >= 11 is 0. The summed E-state index contributed by atoms with van der Waals surface area (Å²) in [7, 11) is 5.97. The van der Waals surface area contributed by atoms with Crippen molar-refractivity contribution in [2.24, 2.45) is 0 Å². The quantitative estimate of drug-likeness (QED) is 0.564. The van der Waals surface area contributed by atoms with Gasteiger partial charge in [-0.05, 0) is 27.7 Å². The minimum Gasteiger partial charge on any atom is -1.00 e. The first-order valence-corrected chi connectivity index (χ1v) is 10.3. The van der Waals surface area contributed by atoms with Crippen molar-refractivity contribution >= 4 is 31.5 Å². The summed E-state index contributed by atoms with van der Waals surface area (Å²) < 4.78 is 0. The van der Waals surface area contributed by atoms with E-state index in [1.165, 1.54) is 42.6 Å². The molecular weight excluding hydrogens is 430 g/mol. The molecule has 2 rings (SSSR count). The summed E-state index contributed by atoms with van der Waals surface area (Å²) in [5.41, 5.74) is 3.04. The molecule has 2 heterocycles. The summed E-state index contributed by atoms with van der Waals surface area (Å²) in [5.74, 6) is 0. The van der Waals surface area contributed by atoms with Gasteiger partial charge in [-0.3, -0.25) is 15.7 Å². The smallest absolute Gasteiger partial charge is 1.00 e. The Morgan fingerprint density at radius 2 is 0.895 bits per heavy atom. The Balaban J connectivity index is -0.000000233. The van der Waals surface area contributed by atoms with Gasteiger partial charge in [-0.2, -0.15) is 0 Å². The third-order valence-corrected chi connectivity index (χ3v) is 9.81. The largest absolute Gasteiger partial charge is 4.00 e. The second kappa shape index (κ2) is 12.4. The molecule has 0 bridgehead atoms. The second-order valence-electron chi connectivity index (χ2n) is 3.99. The molecule has 0 aliphatic heterocycles. The van der Waals surface area contributed by atoms with Gasteiger partial charge in [0.05, 0.1) is 0 Å². The van der Waals surface area contributed by atoms with Gasteiger partial charge in [-0.25, -0.2) is 10.6 Å². The van der Waals surface area contributed by atoms with Crippen LogP contribution >= 0.6 is 31.5 Å². The zero-order valence-electron chi connectivity index (χ0n) is 12.0. The molecule has 0 saturated heterocycles. The third-order valence-electron chi connectivity index (χ3n) is 2.87. The zero-order chi connectivity index (χ0) is 12.3. The van der Waals surface area contributed by atoms with Gasteiger partial charge in [0.25, 0.3) is 0 Å². The van der Waals surface area contributed by atoms with E-state index in [4.69, 9.17) is 0 Å². The van der Waals surface area contributed by atoms with Gasteiger partial charge < -0.3 is 40.6 Å². The molecule has 0 atom stereocenters. The molecule has 0 unspecified atom stereocenters. The van der Waals surface area contributed by atoms with Crippen LogP contribution in [-0.2, 0) is 26.2 Å².